The van der Waals surface area contributed by atoms with Gasteiger partial charge in [0.1, 0.15) is 4.90 Å². The van der Waals surface area contributed by atoms with Crippen LogP contribution in [0.4, 0.5) is 0 Å². The number of sulfonamides is 1. The lowest BCUT2D eigenvalue weighted by atomic mass is 10.1. The zero-order valence-electron chi connectivity index (χ0n) is 11.2. The fourth-order valence-electron chi connectivity index (χ4n) is 1.60. The molecule has 1 aromatic rings. The minimum Gasteiger partial charge on any atom is -0.207 e. The van der Waals surface area contributed by atoms with Crippen molar-refractivity contribution in [2.24, 2.45) is 5.92 Å². The third kappa shape index (κ3) is 3.69. The molecule has 0 saturated heterocycles. The van der Waals surface area contributed by atoms with Gasteiger partial charge in [-0.05, 0) is 24.1 Å². The Bertz CT molecular complexity index is 593. The molecule has 0 amide bonds. The van der Waals surface area contributed by atoms with Gasteiger partial charge in [0.05, 0.1) is 16.7 Å². The van der Waals surface area contributed by atoms with Gasteiger partial charge < -0.3 is 0 Å². The third-order valence-electron chi connectivity index (χ3n) is 3.01. The van der Waals surface area contributed by atoms with Gasteiger partial charge in [0.2, 0.25) is 10.0 Å². The number of nitriles is 1. The predicted octanol–water partition coefficient (Wildman–Crippen LogP) is 2.88. The zero-order chi connectivity index (χ0) is 14.6. The molecule has 1 aromatic carbocycles. The van der Waals surface area contributed by atoms with E-state index in [2.05, 4.69) is 0 Å². The van der Waals surface area contributed by atoms with Crippen molar-refractivity contribution in [1.29, 1.82) is 5.26 Å². The fourth-order valence-corrected chi connectivity index (χ4v) is 3.39. The van der Waals surface area contributed by atoms with Gasteiger partial charge in [-0.3, -0.25) is 0 Å². The normalized spacial score (nSPS) is 13.3. The average molecular weight is 301 g/mol. The average Bonchev–Trinajstić information content (AvgIpc) is 2.38. The third-order valence-corrected chi connectivity index (χ3v) is 5.32. The molecular formula is C13H17ClN2O2S. The molecule has 0 aliphatic carbocycles. The van der Waals surface area contributed by atoms with E-state index in [1.807, 2.05) is 19.9 Å². The number of benzene rings is 1. The summed E-state index contributed by atoms with van der Waals surface area (Å²) in [7, 11) is -2.13. The lowest BCUT2D eigenvalue weighted by Crippen LogP contribution is -2.31. The lowest BCUT2D eigenvalue weighted by Gasteiger charge is -2.21. The Morgan fingerprint density at radius 1 is 1.47 bits per heavy atom. The molecule has 19 heavy (non-hydrogen) atoms. The summed E-state index contributed by atoms with van der Waals surface area (Å²) in [6.45, 7) is 4.42. The minimum atomic E-state index is -3.66. The van der Waals surface area contributed by atoms with Crippen molar-refractivity contribution in [3.05, 3.63) is 28.8 Å². The highest BCUT2D eigenvalue weighted by Gasteiger charge is 2.24. The van der Waals surface area contributed by atoms with E-state index in [1.54, 1.807) is 0 Å². The van der Waals surface area contributed by atoms with Crippen LogP contribution in [0, 0.1) is 17.2 Å². The van der Waals surface area contributed by atoms with Gasteiger partial charge in [-0.25, -0.2) is 12.7 Å². The number of rotatable bonds is 5. The molecule has 0 aliphatic heterocycles. The second kappa shape index (κ2) is 6.38. The summed E-state index contributed by atoms with van der Waals surface area (Å²) in [4.78, 5) is -0.0148. The van der Waals surface area contributed by atoms with Crippen molar-refractivity contribution < 1.29 is 8.42 Å². The minimum absolute atomic E-state index is 0.0148. The second-order valence-electron chi connectivity index (χ2n) is 4.56. The van der Waals surface area contributed by atoms with Crippen LogP contribution < -0.4 is 0 Å². The first-order valence-electron chi connectivity index (χ1n) is 5.99. The van der Waals surface area contributed by atoms with E-state index in [0.29, 0.717) is 6.54 Å². The maximum absolute atomic E-state index is 12.4. The van der Waals surface area contributed by atoms with Gasteiger partial charge in [-0.15, -0.1) is 0 Å². The van der Waals surface area contributed by atoms with E-state index in [1.165, 1.54) is 29.6 Å². The maximum atomic E-state index is 12.4. The molecule has 6 heteroatoms. The molecule has 0 aromatic heterocycles. The molecule has 0 fully saturated rings. The zero-order valence-corrected chi connectivity index (χ0v) is 12.8. The van der Waals surface area contributed by atoms with Crippen molar-refractivity contribution in [3.8, 4) is 6.07 Å². The summed E-state index contributed by atoms with van der Waals surface area (Å²) in [5.74, 6) is 0.262. The Morgan fingerprint density at radius 2 is 2.11 bits per heavy atom. The van der Waals surface area contributed by atoms with Crippen LogP contribution in [0.2, 0.25) is 5.02 Å². The highest BCUT2D eigenvalue weighted by Crippen LogP contribution is 2.25. The highest BCUT2D eigenvalue weighted by atomic mass is 35.5. The smallest absolute Gasteiger partial charge is 0.207 e. The van der Waals surface area contributed by atoms with Gasteiger partial charge >= 0.3 is 0 Å². The first-order valence-corrected chi connectivity index (χ1v) is 7.80. The monoisotopic (exact) mass is 300 g/mol. The predicted molar refractivity (Wildman–Crippen MR) is 75.4 cm³/mol. The molecule has 0 N–H and O–H groups in total. The van der Waals surface area contributed by atoms with E-state index >= 15 is 0 Å². The molecule has 0 saturated carbocycles. The standard InChI is InChI=1S/C13H17ClN2O2S/c1-4-10(2)9-16(3)19(17,18)13-7-11(8-15)5-6-12(13)14/h5-7,10H,4,9H2,1-3H3. The summed E-state index contributed by atoms with van der Waals surface area (Å²) in [5.41, 5.74) is 0.278. The molecule has 0 spiro atoms. The topological polar surface area (TPSA) is 61.2 Å². The first kappa shape index (κ1) is 16.0. The molecule has 0 aliphatic rings. The van der Waals surface area contributed by atoms with Gasteiger partial charge in [0, 0.05) is 13.6 Å². The summed E-state index contributed by atoms with van der Waals surface area (Å²) < 4.78 is 26.1. The molecule has 0 radical (unpaired) electrons. The van der Waals surface area contributed by atoms with Crippen molar-refractivity contribution in [3.63, 3.8) is 0 Å². The van der Waals surface area contributed by atoms with E-state index in [-0.39, 0.29) is 21.4 Å². The van der Waals surface area contributed by atoms with Crippen LogP contribution in [0.5, 0.6) is 0 Å². The number of halogens is 1. The summed E-state index contributed by atoms with van der Waals surface area (Å²) >= 11 is 5.94. The van der Waals surface area contributed by atoms with Crippen LogP contribution in [0.1, 0.15) is 25.8 Å². The molecule has 0 heterocycles. The largest absolute Gasteiger partial charge is 0.244 e. The maximum Gasteiger partial charge on any atom is 0.244 e. The van der Waals surface area contributed by atoms with Gasteiger partial charge in [0.25, 0.3) is 0 Å². The Labute approximate surface area is 119 Å². The van der Waals surface area contributed by atoms with Crippen molar-refractivity contribution >= 4 is 21.6 Å². The highest BCUT2D eigenvalue weighted by molar-refractivity contribution is 7.89. The van der Waals surface area contributed by atoms with Crippen molar-refractivity contribution in [2.75, 3.05) is 13.6 Å². The summed E-state index contributed by atoms with van der Waals surface area (Å²) in [6, 6.07) is 6.16. The Balaban J connectivity index is 3.17. The molecule has 4 nitrogen and oxygen atoms in total. The Morgan fingerprint density at radius 3 is 2.63 bits per heavy atom. The number of hydrogen-bond acceptors (Lipinski definition) is 3. The Hall–Kier alpha value is -1.09. The second-order valence-corrected chi connectivity index (χ2v) is 6.98. The van der Waals surface area contributed by atoms with E-state index in [9.17, 15) is 8.42 Å². The van der Waals surface area contributed by atoms with Crippen LogP contribution in [0.25, 0.3) is 0 Å². The number of nitrogens with zero attached hydrogens (tertiary/aromatic N) is 2. The van der Waals surface area contributed by atoms with Gasteiger partial charge in [0.15, 0.2) is 0 Å². The van der Waals surface area contributed by atoms with Crippen molar-refractivity contribution in [2.45, 2.75) is 25.2 Å². The molecule has 1 atom stereocenters. The van der Waals surface area contributed by atoms with Crippen molar-refractivity contribution in [1.82, 2.24) is 4.31 Å². The Kier molecular flexibility index (Phi) is 5.36. The molecule has 1 unspecified atom stereocenters. The summed E-state index contributed by atoms with van der Waals surface area (Å²) in [5, 5.41) is 8.97. The van der Waals surface area contributed by atoms with E-state index in [0.717, 1.165) is 6.42 Å². The first-order chi connectivity index (χ1) is 8.82. The van der Waals surface area contributed by atoms with Gasteiger partial charge in [-0.1, -0.05) is 31.9 Å². The quantitative estimate of drug-likeness (QED) is 0.840. The molecule has 0 bridgehead atoms. The van der Waals surface area contributed by atoms with Crippen LogP contribution in [-0.2, 0) is 10.0 Å². The van der Waals surface area contributed by atoms with Crippen LogP contribution >= 0.6 is 11.6 Å². The lowest BCUT2D eigenvalue weighted by molar-refractivity contribution is 0.393. The van der Waals surface area contributed by atoms with E-state index in [4.69, 9.17) is 16.9 Å². The SMILES string of the molecule is CCC(C)CN(C)S(=O)(=O)c1cc(C#N)ccc1Cl. The van der Waals surface area contributed by atoms with Crippen LogP contribution in [0.15, 0.2) is 23.1 Å². The molecular weight excluding hydrogens is 284 g/mol. The molecule has 104 valence electrons. The van der Waals surface area contributed by atoms with Gasteiger partial charge in [-0.2, -0.15) is 5.26 Å². The fraction of sp³-hybridized carbons (Fsp3) is 0.462. The van der Waals surface area contributed by atoms with E-state index < -0.39 is 10.0 Å². The number of hydrogen-bond donors (Lipinski definition) is 0. The summed E-state index contributed by atoms with van der Waals surface area (Å²) in [6.07, 6.45) is 0.895. The molecule has 1 rings (SSSR count). The van der Waals surface area contributed by atoms with Crippen LogP contribution in [0.3, 0.4) is 0 Å². The van der Waals surface area contributed by atoms with Crippen LogP contribution in [-0.4, -0.2) is 26.3 Å².